The van der Waals surface area contributed by atoms with E-state index in [1.54, 1.807) is 29.8 Å². The van der Waals surface area contributed by atoms with Crippen LogP contribution < -0.4 is 10.6 Å². The first-order valence-electron chi connectivity index (χ1n) is 5.50. The third-order valence-corrected chi connectivity index (χ3v) is 3.23. The molecule has 0 fully saturated rings. The Morgan fingerprint density at radius 1 is 1.33 bits per heavy atom. The highest BCUT2D eigenvalue weighted by molar-refractivity contribution is 7.98. The molecule has 0 atom stereocenters. The first-order valence-corrected chi connectivity index (χ1v) is 6.89. The maximum atomic E-state index is 13.0. The lowest BCUT2D eigenvalue weighted by atomic mass is 10.1. The van der Waals surface area contributed by atoms with Gasteiger partial charge in [0.15, 0.2) is 0 Å². The third-order valence-electron chi connectivity index (χ3n) is 2.64. The summed E-state index contributed by atoms with van der Waals surface area (Å²) in [5, 5.41) is 0. The molecule has 1 aromatic rings. The Labute approximate surface area is 109 Å². The summed E-state index contributed by atoms with van der Waals surface area (Å²) in [5.74, 6) is 0.784. The van der Waals surface area contributed by atoms with Crippen LogP contribution in [0.4, 0.5) is 18.9 Å². The molecule has 0 aliphatic rings. The van der Waals surface area contributed by atoms with Gasteiger partial charge in [0.2, 0.25) is 0 Å². The quantitative estimate of drug-likeness (QED) is 0.898. The van der Waals surface area contributed by atoms with Gasteiger partial charge < -0.3 is 10.6 Å². The Morgan fingerprint density at radius 3 is 2.50 bits per heavy atom. The highest BCUT2D eigenvalue weighted by atomic mass is 32.2. The lowest BCUT2D eigenvalue weighted by Gasteiger charge is -2.23. The van der Waals surface area contributed by atoms with Crippen LogP contribution in [0, 0.1) is 0 Å². The largest absolute Gasteiger partial charge is 0.418 e. The number of hydrogen-bond donors (Lipinski definition) is 1. The molecule has 0 heterocycles. The van der Waals surface area contributed by atoms with Crippen molar-refractivity contribution in [2.45, 2.75) is 12.7 Å². The standard InChI is InChI=1S/C12H17F3N2S/c1-17(5-6-18-2)11-4-3-9(8-16)7-10(11)12(13,14)15/h3-4,7H,5-6,8,16H2,1-2H3. The number of hydrogen-bond acceptors (Lipinski definition) is 3. The molecule has 0 aliphatic carbocycles. The molecule has 1 rings (SSSR count). The van der Waals surface area contributed by atoms with Crippen LogP contribution in [0.5, 0.6) is 0 Å². The van der Waals surface area contributed by atoms with Crippen LogP contribution in [-0.4, -0.2) is 25.6 Å². The average molecular weight is 278 g/mol. The second kappa shape index (κ2) is 6.33. The highest BCUT2D eigenvalue weighted by Crippen LogP contribution is 2.36. The Kier molecular flexibility index (Phi) is 5.34. The van der Waals surface area contributed by atoms with Crippen molar-refractivity contribution in [3.05, 3.63) is 29.3 Å². The molecule has 1 aromatic carbocycles. The molecule has 0 amide bonds. The van der Waals surface area contributed by atoms with E-state index in [4.69, 9.17) is 5.73 Å². The fraction of sp³-hybridized carbons (Fsp3) is 0.500. The van der Waals surface area contributed by atoms with E-state index in [1.807, 2.05) is 6.26 Å². The van der Waals surface area contributed by atoms with Gasteiger partial charge in [0, 0.05) is 31.6 Å². The molecule has 0 aliphatic heterocycles. The maximum Gasteiger partial charge on any atom is 0.418 e. The Bertz CT molecular complexity index is 393. The van der Waals surface area contributed by atoms with Gasteiger partial charge in [-0.2, -0.15) is 24.9 Å². The molecule has 2 N–H and O–H groups in total. The van der Waals surface area contributed by atoms with Gasteiger partial charge in [-0.1, -0.05) is 6.07 Å². The van der Waals surface area contributed by atoms with Gasteiger partial charge in [-0.3, -0.25) is 0 Å². The Balaban J connectivity index is 3.10. The van der Waals surface area contributed by atoms with Gasteiger partial charge in [-0.15, -0.1) is 0 Å². The fourth-order valence-electron chi connectivity index (χ4n) is 1.62. The Morgan fingerprint density at radius 2 is 2.00 bits per heavy atom. The number of halogens is 3. The van der Waals surface area contributed by atoms with Crippen LogP contribution >= 0.6 is 11.8 Å². The number of alkyl halides is 3. The zero-order valence-corrected chi connectivity index (χ0v) is 11.2. The molecular weight excluding hydrogens is 261 g/mol. The van der Waals surface area contributed by atoms with Gasteiger partial charge in [0.1, 0.15) is 0 Å². The molecule has 0 saturated heterocycles. The van der Waals surface area contributed by atoms with Crippen molar-refractivity contribution in [2.24, 2.45) is 5.73 Å². The van der Waals surface area contributed by atoms with Crippen LogP contribution in [0.15, 0.2) is 18.2 Å². The van der Waals surface area contributed by atoms with E-state index in [1.165, 1.54) is 6.07 Å². The van der Waals surface area contributed by atoms with E-state index in [0.717, 1.165) is 11.8 Å². The summed E-state index contributed by atoms with van der Waals surface area (Å²) < 4.78 is 38.9. The van der Waals surface area contributed by atoms with Gasteiger partial charge in [-0.25, -0.2) is 0 Å². The van der Waals surface area contributed by atoms with E-state index < -0.39 is 11.7 Å². The Hall–Kier alpha value is -0.880. The summed E-state index contributed by atoms with van der Waals surface area (Å²) in [5.41, 5.74) is 5.46. The van der Waals surface area contributed by atoms with E-state index in [9.17, 15) is 13.2 Å². The van der Waals surface area contributed by atoms with E-state index in [2.05, 4.69) is 0 Å². The molecule has 6 heteroatoms. The van der Waals surface area contributed by atoms with Gasteiger partial charge in [0.05, 0.1) is 5.56 Å². The van der Waals surface area contributed by atoms with Crippen molar-refractivity contribution in [1.29, 1.82) is 0 Å². The van der Waals surface area contributed by atoms with E-state index >= 15 is 0 Å². The summed E-state index contributed by atoms with van der Waals surface area (Å²) in [6, 6.07) is 4.26. The predicted octanol–water partition coefficient (Wildman–Crippen LogP) is 2.96. The molecule has 0 saturated carbocycles. The third kappa shape index (κ3) is 3.81. The summed E-state index contributed by atoms with van der Waals surface area (Å²) in [4.78, 5) is 1.62. The number of benzene rings is 1. The van der Waals surface area contributed by atoms with Crippen LogP contribution in [0.2, 0.25) is 0 Å². The SMILES string of the molecule is CSCCN(C)c1ccc(CN)cc1C(F)(F)F. The second-order valence-electron chi connectivity index (χ2n) is 3.97. The monoisotopic (exact) mass is 278 g/mol. The molecular formula is C12H17F3N2S. The van der Waals surface area contributed by atoms with Gasteiger partial charge in [0.25, 0.3) is 0 Å². The molecule has 18 heavy (non-hydrogen) atoms. The fourth-order valence-corrected chi connectivity index (χ4v) is 2.08. The summed E-state index contributed by atoms with van der Waals surface area (Å²) in [6.45, 7) is 0.685. The first-order chi connectivity index (χ1) is 8.40. The molecule has 0 spiro atoms. The van der Waals surface area contributed by atoms with Gasteiger partial charge in [-0.05, 0) is 24.0 Å². The first kappa shape index (κ1) is 15.2. The number of anilines is 1. The number of nitrogens with zero attached hydrogens (tertiary/aromatic N) is 1. The second-order valence-corrected chi connectivity index (χ2v) is 4.95. The minimum absolute atomic E-state index is 0.109. The number of rotatable bonds is 5. The number of nitrogens with two attached hydrogens (primary N) is 1. The lowest BCUT2D eigenvalue weighted by molar-refractivity contribution is -0.137. The van der Waals surface area contributed by atoms with Crippen molar-refractivity contribution in [3.63, 3.8) is 0 Å². The van der Waals surface area contributed by atoms with Crippen molar-refractivity contribution in [3.8, 4) is 0 Å². The molecule has 0 radical (unpaired) electrons. The van der Waals surface area contributed by atoms with Crippen molar-refractivity contribution < 1.29 is 13.2 Å². The van der Waals surface area contributed by atoms with E-state index in [-0.39, 0.29) is 12.2 Å². The van der Waals surface area contributed by atoms with Crippen molar-refractivity contribution in [1.82, 2.24) is 0 Å². The lowest BCUT2D eigenvalue weighted by Crippen LogP contribution is -2.24. The molecule has 0 aromatic heterocycles. The van der Waals surface area contributed by atoms with Crippen LogP contribution in [0.3, 0.4) is 0 Å². The molecule has 0 unspecified atom stereocenters. The average Bonchev–Trinajstić information content (AvgIpc) is 2.34. The normalized spacial score (nSPS) is 11.7. The van der Waals surface area contributed by atoms with E-state index in [0.29, 0.717) is 12.1 Å². The maximum absolute atomic E-state index is 13.0. The minimum atomic E-state index is -4.35. The minimum Gasteiger partial charge on any atom is -0.373 e. The summed E-state index contributed by atoms with van der Waals surface area (Å²) >= 11 is 1.60. The van der Waals surface area contributed by atoms with Crippen molar-refractivity contribution in [2.75, 3.05) is 30.5 Å². The summed E-state index contributed by atoms with van der Waals surface area (Å²) in [7, 11) is 1.67. The molecule has 0 bridgehead atoms. The highest BCUT2D eigenvalue weighted by Gasteiger charge is 2.34. The molecule has 102 valence electrons. The zero-order chi connectivity index (χ0) is 13.8. The molecule has 2 nitrogen and oxygen atoms in total. The number of thioether (sulfide) groups is 1. The predicted molar refractivity (Wildman–Crippen MR) is 71.0 cm³/mol. The zero-order valence-electron chi connectivity index (χ0n) is 10.4. The van der Waals surface area contributed by atoms with Crippen LogP contribution in [-0.2, 0) is 12.7 Å². The van der Waals surface area contributed by atoms with Gasteiger partial charge >= 0.3 is 6.18 Å². The van der Waals surface area contributed by atoms with Crippen molar-refractivity contribution >= 4 is 17.4 Å². The summed E-state index contributed by atoms with van der Waals surface area (Å²) in [6.07, 6.45) is -2.43. The van der Waals surface area contributed by atoms with Crippen LogP contribution in [0.25, 0.3) is 0 Å². The smallest absolute Gasteiger partial charge is 0.373 e. The topological polar surface area (TPSA) is 29.3 Å². The van der Waals surface area contributed by atoms with Crippen LogP contribution in [0.1, 0.15) is 11.1 Å².